The zero-order valence-electron chi connectivity index (χ0n) is 9.94. The fourth-order valence-corrected chi connectivity index (χ4v) is 1.43. The Balaban J connectivity index is 2.66. The zero-order chi connectivity index (χ0) is 12.0. The van der Waals surface area contributed by atoms with Crippen LogP contribution in [0.2, 0.25) is 0 Å². The van der Waals surface area contributed by atoms with E-state index in [0.29, 0.717) is 12.4 Å². The van der Waals surface area contributed by atoms with Gasteiger partial charge in [-0.2, -0.15) is 0 Å². The molecule has 0 saturated heterocycles. The normalized spacial score (nSPS) is 10.8. The number of nitrogens with zero attached hydrogens (tertiary/aromatic N) is 2. The minimum Gasteiger partial charge on any atom is -0.365 e. The van der Waals surface area contributed by atoms with Crippen molar-refractivity contribution in [3.63, 3.8) is 0 Å². The average Bonchev–Trinajstić information content (AvgIpc) is 2.26. The summed E-state index contributed by atoms with van der Waals surface area (Å²) in [5.74, 6) is 0.424. The van der Waals surface area contributed by atoms with Crippen molar-refractivity contribution in [2.45, 2.75) is 32.7 Å². The summed E-state index contributed by atoms with van der Waals surface area (Å²) in [6, 6.07) is 0.153. The molecule has 0 saturated carbocycles. The Morgan fingerprint density at radius 3 is 2.88 bits per heavy atom. The van der Waals surface area contributed by atoms with Crippen LogP contribution in [0.5, 0.6) is 0 Å². The van der Waals surface area contributed by atoms with Crippen LogP contribution >= 0.6 is 0 Å². The first kappa shape index (κ1) is 12.7. The molecule has 1 aromatic heterocycles. The van der Waals surface area contributed by atoms with Gasteiger partial charge in [-0.05, 0) is 33.2 Å². The maximum Gasteiger partial charge on any atom is 0.293 e. The molecule has 5 heteroatoms. The predicted molar refractivity (Wildman–Crippen MR) is 65.7 cm³/mol. The van der Waals surface area contributed by atoms with Crippen LogP contribution in [0.1, 0.15) is 32.7 Å². The number of anilines is 1. The second-order valence-corrected chi connectivity index (χ2v) is 4.00. The number of hydrogen-bond acceptors (Lipinski definition) is 4. The summed E-state index contributed by atoms with van der Waals surface area (Å²) in [5.41, 5.74) is 5.33. The van der Waals surface area contributed by atoms with E-state index in [1.54, 1.807) is 17.0 Å². The van der Waals surface area contributed by atoms with Gasteiger partial charge in [-0.1, -0.05) is 0 Å². The standard InChI is InChI=1S/C11H20N4O/c1-9(2)15-8-7-14-10(11(15)16)13-6-4-3-5-12/h7-9H,3-6,12H2,1-2H3,(H,13,14). The fraction of sp³-hybridized carbons (Fsp3) is 0.636. The quantitative estimate of drug-likeness (QED) is 0.706. The van der Waals surface area contributed by atoms with E-state index in [2.05, 4.69) is 10.3 Å². The third kappa shape index (κ3) is 3.34. The SMILES string of the molecule is CC(C)n1ccnc(NCCCCN)c1=O. The number of rotatable bonds is 6. The van der Waals surface area contributed by atoms with Gasteiger partial charge < -0.3 is 15.6 Å². The summed E-state index contributed by atoms with van der Waals surface area (Å²) >= 11 is 0. The predicted octanol–water partition coefficient (Wildman–Crippen LogP) is 0.975. The molecule has 16 heavy (non-hydrogen) atoms. The van der Waals surface area contributed by atoms with Crippen LogP contribution in [-0.4, -0.2) is 22.6 Å². The molecule has 90 valence electrons. The number of nitrogens with one attached hydrogen (secondary N) is 1. The molecule has 0 atom stereocenters. The molecule has 0 unspecified atom stereocenters. The largest absolute Gasteiger partial charge is 0.365 e. The molecule has 0 amide bonds. The first-order valence-electron chi connectivity index (χ1n) is 5.68. The lowest BCUT2D eigenvalue weighted by atomic mass is 10.3. The van der Waals surface area contributed by atoms with E-state index in [-0.39, 0.29) is 11.6 Å². The molecule has 1 rings (SSSR count). The van der Waals surface area contributed by atoms with Gasteiger partial charge in [0.15, 0.2) is 5.82 Å². The van der Waals surface area contributed by atoms with Gasteiger partial charge in [0.25, 0.3) is 5.56 Å². The van der Waals surface area contributed by atoms with E-state index in [1.165, 1.54) is 0 Å². The summed E-state index contributed by atoms with van der Waals surface area (Å²) in [5, 5.41) is 3.04. The first-order valence-corrected chi connectivity index (χ1v) is 5.68. The number of hydrogen-bond donors (Lipinski definition) is 2. The Hall–Kier alpha value is -1.36. The number of aromatic nitrogens is 2. The molecule has 0 aliphatic carbocycles. The molecule has 0 spiro atoms. The van der Waals surface area contributed by atoms with Gasteiger partial charge in [0.05, 0.1) is 0 Å². The Bertz CT molecular complexity index is 372. The second-order valence-electron chi connectivity index (χ2n) is 4.00. The average molecular weight is 224 g/mol. The van der Waals surface area contributed by atoms with Gasteiger partial charge >= 0.3 is 0 Å². The van der Waals surface area contributed by atoms with E-state index in [1.807, 2.05) is 13.8 Å². The third-order valence-corrected chi connectivity index (χ3v) is 2.35. The van der Waals surface area contributed by atoms with E-state index in [9.17, 15) is 4.79 Å². The molecule has 0 aliphatic heterocycles. The highest BCUT2D eigenvalue weighted by atomic mass is 16.1. The third-order valence-electron chi connectivity index (χ3n) is 2.35. The lowest BCUT2D eigenvalue weighted by molar-refractivity contribution is 0.575. The monoisotopic (exact) mass is 224 g/mol. The van der Waals surface area contributed by atoms with Crippen molar-refractivity contribution in [3.05, 3.63) is 22.7 Å². The van der Waals surface area contributed by atoms with Crippen molar-refractivity contribution in [3.8, 4) is 0 Å². The molecule has 0 aliphatic rings. The van der Waals surface area contributed by atoms with Crippen LogP contribution in [0.3, 0.4) is 0 Å². The summed E-state index contributed by atoms with van der Waals surface area (Å²) in [4.78, 5) is 15.9. The van der Waals surface area contributed by atoms with Crippen LogP contribution in [0.4, 0.5) is 5.82 Å². The van der Waals surface area contributed by atoms with Crippen molar-refractivity contribution in [2.24, 2.45) is 5.73 Å². The molecule has 0 fully saturated rings. The van der Waals surface area contributed by atoms with Crippen molar-refractivity contribution in [1.82, 2.24) is 9.55 Å². The Kier molecular flexibility index (Phi) is 4.98. The molecular formula is C11H20N4O. The summed E-state index contributed by atoms with van der Waals surface area (Å²) in [6.45, 7) is 5.36. The van der Waals surface area contributed by atoms with E-state index < -0.39 is 0 Å². The van der Waals surface area contributed by atoms with Crippen molar-refractivity contribution in [1.29, 1.82) is 0 Å². The molecule has 0 aromatic carbocycles. The van der Waals surface area contributed by atoms with Crippen molar-refractivity contribution in [2.75, 3.05) is 18.4 Å². The number of nitrogens with two attached hydrogens (primary N) is 1. The maximum absolute atomic E-state index is 11.9. The fourth-order valence-electron chi connectivity index (χ4n) is 1.43. The van der Waals surface area contributed by atoms with Gasteiger partial charge in [0.1, 0.15) is 0 Å². The molecule has 1 aromatic rings. The number of unbranched alkanes of at least 4 members (excludes halogenated alkanes) is 1. The topological polar surface area (TPSA) is 72.9 Å². The highest BCUT2D eigenvalue weighted by molar-refractivity contribution is 5.30. The highest BCUT2D eigenvalue weighted by Gasteiger charge is 2.05. The molecular weight excluding hydrogens is 204 g/mol. The lowest BCUT2D eigenvalue weighted by Crippen LogP contribution is -2.26. The summed E-state index contributed by atoms with van der Waals surface area (Å²) in [6.07, 6.45) is 5.26. The second kappa shape index (κ2) is 6.27. The summed E-state index contributed by atoms with van der Waals surface area (Å²) in [7, 11) is 0. The van der Waals surface area contributed by atoms with Gasteiger partial charge in [0, 0.05) is 25.0 Å². The van der Waals surface area contributed by atoms with Crippen LogP contribution in [0, 0.1) is 0 Å². The highest BCUT2D eigenvalue weighted by Crippen LogP contribution is 2.01. The molecule has 1 heterocycles. The molecule has 0 bridgehead atoms. The lowest BCUT2D eigenvalue weighted by Gasteiger charge is -2.11. The van der Waals surface area contributed by atoms with Crippen LogP contribution < -0.4 is 16.6 Å². The van der Waals surface area contributed by atoms with Crippen LogP contribution in [-0.2, 0) is 0 Å². The van der Waals surface area contributed by atoms with Gasteiger partial charge in [0.2, 0.25) is 0 Å². The van der Waals surface area contributed by atoms with E-state index in [0.717, 1.165) is 19.4 Å². The minimum atomic E-state index is -0.0646. The minimum absolute atomic E-state index is 0.0646. The Morgan fingerprint density at radius 2 is 2.25 bits per heavy atom. The van der Waals surface area contributed by atoms with Crippen LogP contribution in [0.15, 0.2) is 17.2 Å². The van der Waals surface area contributed by atoms with Crippen molar-refractivity contribution >= 4 is 5.82 Å². The van der Waals surface area contributed by atoms with Crippen LogP contribution in [0.25, 0.3) is 0 Å². The van der Waals surface area contributed by atoms with Gasteiger partial charge in [-0.3, -0.25) is 4.79 Å². The molecule has 3 N–H and O–H groups in total. The maximum atomic E-state index is 11.9. The molecule has 0 radical (unpaired) electrons. The van der Waals surface area contributed by atoms with E-state index >= 15 is 0 Å². The Morgan fingerprint density at radius 1 is 1.50 bits per heavy atom. The van der Waals surface area contributed by atoms with Gasteiger partial charge in [-0.15, -0.1) is 0 Å². The molecule has 5 nitrogen and oxygen atoms in total. The summed E-state index contributed by atoms with van der Waals surface area (Å²) < 4.78 is 1.66. The Labute approximate surface area is 95.7 Å². The smallest absolute Gasteiger partial charge is 0.293 e. The van der Waals surface area contributed by atoms with E-state index in [4.69, 9.17) is 5.73 Å². The van der Waals surface area contributed by atoms with Crippen molar-refractivity contribution < 1.29 is 0 Å². The zero-order valence-corrected chi connectivity index (χ0v) is 9.94. The van der Waals surface area contributed by atoms with Gasteiger partial charge in [-0.25, -0.2) is 4.98 Å². The first-order chi connectivity index (χ1) is 7.66.